The molecule has 0 aromatic rings. The van der Waals surface area contributed by atoms with Crippen molar-refractivity contribution in [1.29, 1.82) is 0 Å². The van der Waals surface area contributed by atoms with Gasteiger partial charge in [0.15, 0.2) is 0 Å². The standard InChI is InChI=1S/C24H54P4/c1-19(2,3)25(20(4,5)6)28(26(21(7,8)9)22(10,11)12)27(23(13,14)15)24(16,17)18/h1-18H3. The van der Waals surface area contributed by atoms with Crippen LogP contribution in [-0.4, -0.2) is 30.9 Å². The summed E-state index contributed by atoms with van der Waals surface area (Å²) in [4.78, 5) is 0. The smallest absolute Gasteiger partial charge is 0.0130 e. The molecule has 0 aliphatic rings. The van der Waals surface area contributed by atoms with Crippen LogP contribution in [0.5, 0.6) is 0 Å². The molecule has 0 aromatic heterocycles. The second-order valence-electron chi connectivity index (χ2n) is 14.2. The fourth-order valence-electron chi connectivity index (χ4n) is 4.90. The highest BCUT2D eigenvalue weighted by atomic mass is 32.8. The largest absolute Gasteiger partial charge is 0.0609 e. The van der Waals surface area contributed by atoms with Gasteiger partial charge in [-0.1, -0.05) is 147 Å². The Kier molecular flexibility index (Phi) is 9.48. The third kappa shape index (κ3) is 8.01. The Labute approximate surface area is 185 Å². The Hall–Kier alpha value is 1.72. The van der Waals surface area contributed by atoms with E-state index in [1.54, 1.807) is 0 Å². The molecule has 0 amide bonds. The molecule has 0 heterocycles. The van der Waals surface area contributed by atoms with Gasteiger partial charge in [-0.2, -0.15) is 0 Å². The predicted octanol–water partition coefficient (Wildman–Crippen LogP) is 11.4. The summed E-state index contributed by atoms with van der Waals surface area (Å²) in [7, 11) is -0.359. The molecule has 0 atom stereocenters. The first kappa shape index (κ1) is 29.7. The van der Waals surface area contributed by atoms with Crippen molar-refractivity contribution in [2.24, 2.45) is 0 Å². The first-order valence-electron chi connectivity index (χ1n) is 10.9. The van der Waals surface area contributed by atoms with Crippen LogP contribution in [-0.2, 0) is 0 Å². The van der Waals surface area contributed by atoms with Crippen LogP contribution in [0.15, 0.2) is 0 Å². The van der Waals surface area contributed by atoms with Gasteiger partial charge in [-0.05, 0) is 37.9 Å². The van der Waals surface area contributed by atoms with E-state index in [0.717, 1.165) is 0 Å². The van der Waals surface area contributed by atoms with Crippen molar-refractivity contribution in [1.82, 2.24) is 0 Å². The Morgan fingerprint density at radius 3 is 0.429 bits per heavy atom. The van der Waals surface area contributed by atoms with Crippen molar-refractivity contribution in [3.05, 3.63) is 0 Å². The molecule has 0 aliphatic carbocycles. The monoisotopic (exact) mass is 466 g/mol. The van der Waals surface area contributed by atoms with Gasteiger partial charge >= 0.3 is 0 Å². The van der Waals surface area contributed by atoms with Gasteiger partial charge in [0.2, 0.25) is 0 Å². The Morgan fingerprint density at radius 2 is 0.357 bits per heavy atom. The quantitative estimate of drug-likeness (QED) is 0.363. The summed E-state index contributed by atoms with van der Waals surface area (Å²) in [5.41, 5.74) is 0. The van der Waals surface area contributed by atoms with Crippen LogP contribution in [0.25, 0.3) is 0 Å². The molecule has 0 radical (unpaired) electrons. The molecular weight excluding hydrogens is 412 g/mol. The third-order valence-corrected chi connectivity index (χ3v) is 36.7. The van der Waals surface area contributed by atoms with E-state index < -0.39 is 0 Å². The lowest BCUT2D eigenvalue weighted by Gasteiger charge is -2.61. The average Bonchev–Trinajstić information content (AvgIpc) is 2.13. The van der Waals surface area contributed by atoms with Crippen molar-refractivity contribution < 1.29 is 0 Å². The van der Waals surface area contributed by atoms with E-state index in [0.29, 0.717) is 30.9 Å². The van der Waals surface area contributed by atoms with E-state index in [1.165, 1.54) is 0 Å². The molecule has 0 rings (SSSR count). The topological polar surface area (TPSA) is 0 Å². The van der Waals surface area contributed by atoms with E-state index in [2.05, 4.69) is 125 Å². The molecule has 170 valence electrons. The molecular formula is C24H54P4. The second kappa shape index (κ2) is 8.93. The highest BCUT2D eigenvalue weighted by Crippen LogP contribution is 3.10. The maximum Gasteiger partial charge on any atom is -0.0130 e. The summed E-state index contributed by atoms with van der Waals surface area (Å²) in [6, 6.07) is 0. The summed E-state index contributed by atoms with van der Waals surface area (Å²) in [5, 5.41) is 2.29. The minimum atomic E-state index is -0.120. The first-order chi connectivity index (χ1) is 11.7. The molecule has 0 fully saturated rings. The lowest BCUT2D eigenvalue weighted by atomic mass is 10.2. The summed E-state index contributed by atoms with van der Waals surface area (Å²) in [5.74, 6) is 0. The zero-order chi connectivity index (χ0) is 23.3. The predicted molar refractivity (Wildman–Crippen MR) is 146 cm³/mol. The molecule has 28 heavy (non-hydrogen) atoms. The van der Waals surface area contributed by atoms with Gasteiger partial charge in [-0.25, -0.2) is 0 Å². The zero-order valence-electron chi connectivity index (χ0n) is 22.8. The van der Waals surface area contributed by atoms with E-state index in [4.69, 9.17) is 0 Å². The molecule has 0 N–H and O–H groups in total. The summed E-state index contributed by atoms with van der Waals surface area (Å²) in [6.45, 7) is 45.9. The van der Waals surface area contributed by atoms with E-state index in [1.807, 2.05) is 0 Å². The van der Waals surface area contributed by atoms with Gasteiger partial charge < -0.3 is 0 Å². The van der Waals surface area contributed by atoms with Crippen molar-refractivity contribution >= 4 is 29.8 Å². The third-order valence-electron chi connectivity index (χ3n) is 4.35. The highest BCUT2D eigenvalue weighted by molar-refractivity contribution is 8.84. The van der Waals surface area contributed by atoms with Crippen LogP contribution in [0.2, 0.25) is 0 Å². The van der Waals surface area contributed by atoms with Crippen molar-refractivity contribution in [3.63, 3.8) is 0 Å². The van der Waals surface area contributed by atoms with E-state index in [9.17, 15) is 0 Å². The van der Waals surface area contributed by atoms with Crippen molar-refractivity contribution in [2.45, 2.75) is 156 Å². The van der Waals surface area contributed by atoms with Crippen LogP contribution >= 0.6 is 29.8 Å². The Balaban J connectivity index is 7.30. The highest BCUT2D eigenvalue weighted by Gasteiger charge is 2.56. The second-order valence-corrected chi connectivity index (χ2v) is 34.7. The maximum absolute atomic E-state index is 2.55. The molecule has 0 spiro atoms. The zero-order valence-corrected chi connectivity index (χ0v) is 26.4. The first-order valence-corrected chi connectivity index (χ1v) is 18.4. The summed E-state index contributed by atoms with van der Waals surface area (Å²) < 4.78 is 0. The number of hydrogen-bond acceptors (Lipinski definition) is 0. The molecule has 0 saturated heterocycles. The fraction of sp³-hybridized carbons (Fsp3) is 1.00. The number of rotatable bonds is 3. The lowest BCUT2D eigenvalue weighted by molar-refractivity contribution is 0.712. The van der Waals surface area contributed by atoms with Gasteiger partial charge in [0, 0.05) is 0 Å². The van der Waals surface area contributed by atoms with Gasteiger partial charge in [0.05, 0.1) is 0 Å². The van der Waals surface area contributed by atoms with Crippen LogP contribution in [0, 0.1) is 0 Å². The van der Waals surface area contributed by atoms with Crippen molar-refractivity contribution in [3.8, 4) is 0 Å². The molecule has 0 bridgehead atoms. The average molecular weight is 467 g/mol. The molecule has 4 heteroatoms. The van der Waals surface area contributed by atoms with Crippen LogP contribution in [0.3, 0.4) is 0 Å². The van der Waals surface area contributed by atoms with E-state index >= 15 is 0 Å². The van der Waals surface area contributed by atoms with Crippen molar-refractivity contribution in [2.75, 3.05) is 0 Å². The van der Waals surface area contributed by atoms with E-state index in [-0.39, 0.29) is 29.8 Å². The van der Waals surface area contributed by atoms with Crippen LogP contribution < -0.4 is 0 Å². The summed E-state index contributed by atoms with van der Waals surface area (Å²) in [6.07, 6.45) is 0. The summed E-state index contributed by atoms with van der Waals surface area (Å²) >= 11 is 0. The van der Waals surface area contributed by atoms with Crippen LogP contribution in [0.4, 0.5) is 0 Å². The molecule has 0 aliphatic heterocycles. The fourth-order valence-corrected chi connectivity index (χ4v) is 59.8. The van der Waals surface area contributed by atoms with Crippen LogP contribution in [0.1, 0.15) is 125 Å². The lowest BCUT2D eigenvalue weighted by Crippen LogP contribution is -2.32. The molecule has 0 aromatic carbocycles. The Morgan fingerprint density at radius 1 is 0.250 bits per heavy atom. The molecule has 0 nitrogen and oxygen atoms in total. The molecule has 0 unspecified atom stereocenters. The van der Waals surface area contributed by atoms with Gasteiger partial charge in [-0.3, -0.25) is 0 Å². The van der Waals surface area contributed by atoms with Gasteiger partial charge in [-0.15, -0.1) is 0 Å². The maximum atomic E-state index is 2.55. The number of hydrogen-bond donors (Lipinski definition) is 0. The minimum absolute atomic E-state index is 0.0849. The molecule has 0 saturated carbocycles. The minimum Gasteiger partial charge on any atom is -0.0609 e. The van der Waals surface area contributed by atoms with Gasteiger partial charge in [0.1, 0.15) is 0 Å². The SMILES string of the molecule is CC(C)(C)P(P(P(C(C)(C)C)C(C)(C)C)P(C(C)(C)C)C(C)(C)C)C(C)(C)C. The normalized spacial score (nSPS) is 16.1. The Bertz CT molecular complexity index is 378. The van der Waals surface area contributed by atoms with Gasteiger partial charge in [0.25, 0.3) is 0 Å².